The zero-order valence-corrected chi connectivity index (χ0v) is 9.20. The standard InChI is InChI=1S/C12H9F3N2O/c13-12(14,15)11-16-7-2-1-3-8(18)9(7)10(17-11)6-4-5-6/h1-3,6,18H,4-5H2. The lowest BCUT2D eigenvalue weighted by Crippen LogP contribution is -2.12. The Morgan fingerprint density at radius 1 is 1.17 bits per heavy atom. The van der Waals surface area contributed by atoms with Crippen LogP contribution >= 0.6 is 0 Å². The number of aromatic nitrogens is 2. The molecule has 1 N–H and O–H groups in total. The molecule has 0 spiro atoms. The van der Waals surface area contributed by atoms with E-state index in [0.717, 1.165) is 12.8 Å². The predicted octanol–water partition coefficient (Wildman–Crippen LogP) is 3.23. The zero-order chi connectivity index (χ0) is 12.9. The van der Waals surface area contributed by atoms with Gasteiger partial charge in [-0.3, -0.25) is 0 Å². The van der Waals surface area contributed by atoms with Crippen molar-refractivity contribution in [2.45, 2.75) is 24.9 Å². The van der Waals surface area contributed by atoms with E-state index in [1.54, 1.807) is 0 Å². The van der Waals surface area contributed by atoms with Crippen LogP contribution in [0.1, 0.15) is 30.3 Å². The second-order valence-corrected chi connectivity index (χ2v) is 4.38. The third kappa shape index (κ3) is 1.77. The monoisotopic (exact) mass is 254 g/mol. The summed E-state index contributed by atoms with van der Waals surface area (Å²) in [5.41, 5.74) is 0.449. The van der Waals surface area contributed by atoms with Crippen molar-refractivity contribution in [1.82, 2.24) is 9.97 Å². The summed E-state index contributed by atoms with van der Waals surface area (Å²) in [6.07, 6.45) is -2.96. The van der Waals surface area contributed by atoms with Gasteiger partial charge in [-0.25, -0.2) is 9.97 Å². The first-order chi connectivity index (χ1) is 8.47. The van der Waals surface area contributed by atoms with Gasteiger partial charge in [0.15, 0.2) is 0 Å². The first-order valence-electron chi connectivity index (χ1n) is 5.53. The van der Waals surface area contributed by atoms with Gasteiger partial charge in [0.25, 0.3) is 0 Å². The van der Waals surface area contributed by atoms with Gasteiger partial charge in [0, 0.05) is 5.92 Å². The summed E-state index contributed by atoms with van der Waals surface area (Å²) in [5, 5.41) is 10.1. The van der Waals surface area contributed by atoms with Crippen LogP contribution in [-0.2, 0) is 6.18 Å². The fourth-order valence-electron chi connectivity index (χ4n) is 1.97. The van der Waals surface area contributed by atoms with E-state index < -0.39 is 12.0 Å². The summed E-state index contributed by atoms with van der Waals surface area (Å²) in [6.45, 7) is 0. The lowest BCUT2D eigenvalue weighted by molar-refractivity contribution is -0.144. The second kappa shape index (κ2) is 3.57. The molecule has 1 aliphatic carbocycles. The molecule has 94 valence electrons. The predicted molar refractivity (Wildman–Crippen MR) is 58.2 cm³/mol. The molecule has 1 heterocycles. The van der Waals surface area contributed by atoms with Crippen LogP contribution in [0, 0.1) is 0 Å². The van der Waals surface area contributed by atoms with Crippen LogP contribution in [0.3, 0.4) is 0 Å². The van der Waals surface area contributed by atoms with Crippen LogP contribution in [0.25, 0.3) is 10.9 Å². The van der Waals surface area contributed by atoms with E-state index in [-0.39, 0.29) is 17.2 Å². The van der Waals surface area contributed by atoms with Gasteiger partial charge in [0.1, 0.15) is 5.75 Å². The number of aromatic hydroxyl groups is 1. The van der Waals surface area contributed by atoms with Gasteiger partial charge in [0.2, 0.25) is 5.82 Å². The Morgan fingerprint density at radius 2 is 1.89 bits per heavy atom. The smallest absolute Gasteiger partial charge is 0.451 e. The van der Waals surface area contributed by atoms with Gasteiger partial charge in [-0.1, -0.05) is 6.07 Å². The molecule has 0 radical (unpaired) electrons. The highest BCUT2D eigenvalue weighted by atomic mass is 19.4. The average Bonchev–Trinajstić information content (AvgIpc) is 3.10. The van der Waals surface area contributed by atoms with Crippen LogP contribution in [0.2, 0.25) is 0 Å². The highest BCUT2D eigenvalue weighted by molar-refractivity contribution is 5.87. The molecule has 0 saturated heterocycles. The van der Waals surface area contributed by atoms with E-state index in [1.165, 1.54) is 18.2 Å². The molecule has 6 heteroatoms. The minimum absolute atomic E-state index is 0.00454. The number of phenolic OH excluding ortho intramolecular Hbond substituents is 1. The maximum atomic E-state index is 12.7. The number of phenols is 1. The highest BCUT2D eigenvalue weighted by Crippen LogP contribution is 2.44. The fourth-order valence-corrected chi connectivity index (χ4v) is 1.97. The lowest BCUT2D eigenvalue weighted by Gasteiger charge is -2.10. The van der Waals surface area contributed by atoms with Crippen molar-refractivity contribution >= 4 is 10.9 Å². The summed E-state index contributed by atoms with van der Waals surface area (Å²) in [6, 6.07) is 4.37. The minimum atomic E-state index is -4.57. The Hall–Kier alpha value is -1.85. The summed E-state index contributed by atoms with van der Waals surface area (Å²) >= 11 is 0. The molecule has 1 aromatic heterocycles. The molecule has 18 heavy (non-hydrogen) atoms. The van der Waals surface area contributed by atoms with Gasteiger partial charge in [0.05, 0.1) is 16.6 Å². The van der Waals surface area contributed by atoms with E-state index in [2.05, 4.69) is 9.97 Å². The number of fused-ring (bicyclic) bond motifs is 1. The molecule has 1 aromatic carbocycles. The quantitative estimate of drug-likeness (QED) is 0.849. The van der Waals surface area contributed by atoms with E-state index in [0.29, 0.717) is 11.1 Å². The third-order valence-electron chi connectivity index (χ3n) is 2.95. The normalized spacial score (nSPS) is 16.2. The Morgan fingerprint density at radius 3 is 2.50 bits per heavy atom. The van der Waals surface area contributed by atoms with Crippen LogP contribution in [0.5, 0.6) is 5.75 Å². The zero-order valence-electron chi connectivity index (χ0n) is 9.20. The van der Waals surface area contributed by atoms with Gasteiger partial charge >= 0.3 is 6.18 Å². The number of alkyl halides is 3. The highest BCUT2D eigenvalue weighted by Gasteiger charge is 2.38. The van der Waals surface area contributed by atoms with Crippen molar-refractivity contribution in [1.29, 1.82) is 0 Å². The van der Waals surface area contributed by atoms with Crippen molar-refractivity contribution < 1.29 is 18.3 Å². The molecule has 1 fully saturated rings. The second-order valence-electron chi connectivity index (χ2n) is 4.38. The molecule has 0 aliphatic heterocycles. The summed E-state index contributed by atoms with van der Waals surface area (Å²) in [7, 11) is 0. The van der Waals surface area contributed by atoms with Crippen molar-refractivity contribution in [3.05, 3.63) is 29.7 Å². The van der Waals surface area contributed by atoms with E-state index in [4.69, 9.17) is 0 Å². The number of hydrogen-bond acceptors (Lipinski definition) is 3. The third-order valence-corrected chi connectivity index (χ3v) is 2.95. The fraction of sp³-hybridized carbons (Fsp3) is 0.333. The Balaban J connectivity index is 2.32. The molecule has 3 nitrogen and oxygen atoms in total. The summed E-state index contributed by atoms with van der Waals surface area (Å²) in [4.78, 5) is 7.08. The van der Waals surface area contributed by atoms with Gasteiger partial charge in [-0.05, 0) is 25.0 Å². The molecule has 1 aliphatic rings. The molecule has 0 atom stereocenters. The minimum Gasteiger partial charge on any atom is -0.507 e. The number of benzene rings is 1. The first-order valence-corrected chi connectivity index (χ1v) is 5.53. The van der Waals surface area contributed by atoms with Gasteiger partial charge < -0.3 is 5.11 Å². The van der Waals surface area contributed by atoms with Gasteiger partial charge in [-0.15, -0.1) is 0 Å². The number of halogens is 3. The average molecular weight is 254 g/mol. The van der Waals surface area contributed by atoms with Gasteiger partial charge in [-0.2, -0.15) is 13.2 Å². The van der Waals surface area contributed by atoms with Crippen LogP contribution in [-0.4, -0.2) is 15.1 Å². The molecule has 2 aromatic rings. The number of rotatable bonds is 1. The molecule has 1 saturated carbocycles. The molecule has 0 unspecified atom stereocenters. The van der Waals surface area contributed by atoms with E-state index in [9.17, 15) is 18.3 Å². The van der Waals surface area contributed by atoms with Crippen LogP contribution in [0.15, 0.2) is 18.2 Å². The summed E-state index contributed by atoms with van der Waals surface area (Å²) < 4.78 is 38.1. The first kappa shape index (κ1) is 11.3. The van der Waals surface area contributed by atoms with Crippen molar-refractivity contribution in [3.63, 3.8) is 0 Å². The van der Waals surface area contributed by atoms with E-state index >= 15 is 0 Å². The molecular formula is C12H9F3N2O. The van der Waals surface area contributed by atoms with Crippen molar-refractivity contribution in [2.24, 2.45) is 0 Å². The lowest BCUT2D eigenvalue weighted by atomic mass is 10.1. The van der Waals surface area contributed by atoms with Crippen molar-refractivity contribution in [3.8, 4) is 5.75 Å². The van der Waals surface area contributed by atoms with Crippen LogP contribution in [0.4, 0.5) is 13.2 Å². The van der Waals surface area contributed by atoms with E-state index in [1.807, 2.05) is 0 Å². The topological polar surface area (TPSA) is 46.0 Å². The maximum absolute atomic E-state index is 12.7. The molecule has 0 bridgehead atoms. The molecular weight excluding hydrogens is 245 g/mol. The summed E-state index contributed by atoms with van der Waals surface area (Å²) in [5.74, 6) is -1.20. The Labute approximate surface area is 100 Å². The number of nitrogens with zero attached hydrogens (tertiary/aromatic N) is 2. The number of hydrogen-bond donors (Lipinski definition) is 1. The Kier molecular flexibility index (Phi) is 2.23. The van der Waals surface area contributed by atoms with Crippen LogP contribution < -0.4 is 0 Å². The van der Waals surface area contributed by atoms with Crippen molar-refractivity contribution in [2.75, 3.05) is 0 Å². The molecule has 0 amide bonds. The maximum Gasteiger partial charge on any atom is 0.451 e. The Bertz CT molecular complexity index is 620. The molecule has 3 rings (SSSR count). The largest absolute Gasteiger partial charge is 0.507 e. The SMILES string of the molecule is Oc1cccc2nc(C(F)(F)F)nc(C3CC3)c12.